The van der Waals surface area contributed by atoms with Crippen LogP contribution >= 0.6 is 0 Å². The van der Waals surface area contributed by atoms with Crippen molar-refractivity contribution in [1.29, 1.82) is 0 Å². The molecule has 1 atom stereocenters. The maximum atomic E-state index is 10.7. The Hall–Kier alpha value is -2.68. The number of nitrogens with zero attached hydrogens (tertiary/aromatic N) is 1. The molecule has 1 unspecified atom stereocenters. The van der Waals surface area contributed by atoms with Gasteiger partial charge in [0.1, 0.15) is 0 Å². The lowest BCUT2D eigenvalue weighted by Gasteiger charge is -2.30. The Kier molecular flexibility index (Phi) is 7.98. The van der Waals surface area contributed by atoms with E-state index in [-0.39, 0.29) is 11.5 Å². The van der Waals surface area contributed by atoms with E-state index >= 15 is 0 Å². The molecular formula is C35H43NO. The summed E-state index contributed by atoms with van der Waals surface area (Å²) in [5.41, 5.74) is 11.6. The third-order valence-electron chi connectivity index (χ3n) is 8.41. The molecule has 194 valence electrons. The summed E-state index contributed by atoms with van der Waals surface area (Å²) < 4.78 is 0. The number of hydrogen-bond donors (Lipinski definition) is 1. The fraction of sp³-hybridized carbons (Fsp3) is 0.429. The number of rotatable bonds is 6. The van der Waals surface area contributed by atoms with Gasteiger partial charge in [-0.2, -0.15) is 0 Å². The van der Waals surface area contributed by atoms with Crippen LogP contribution in [0.4, 0.5) is 0 Å². The van der Waals surface area contributed by atoms with Crippen LogP contribution in [0.5, 0.6) is 0 Å². The van der Waals surface area contributed by atoms with Gasteiger partial charge in [0.25, 0.3) is 0 Å². The van der Waals surface area contributed by atoms with Crippen molar-refractivity contribution >= 4 is 5.57 Å². The highest BCUT2D eigenvalue weighted by atomic mass is 16.3. The zero-order valence-electron chi connectivity index (χ0n) is 23.0. The molecule has 0 saturated carbocycles. The van der Waals surface area contributed by atoms with E-state index in [0.29, 0.717) is 0 Å². The summed E-state index contributed by atoms with van der Waals surface area (Å²) in [6.45, 7) is 10.1. The van der Waals surface area contributed by atoms with E-state index in [1.54, 1.807) is 5.57 Å². The van der Waals surface area contributed by atoms with Crippen LogP contribution in [-0.2, 0) is 18.3 Å². The van der Waals surface area contributed by atoms with Gasteiger partial charge >= 0.3 is 0 Å². The summed E-state index contributed by atoms with van der Waals surface area (Å²) in [6, 6.07) is 26.7. The van der Waals surface area contributed by atoms with Crippen molar-refractivity contribution in [1.82, 2.24) is 4.90 Å². The summed E-state index contributed by atoms with van der Waals surface area (Å²) in [7, 11) is 0. The number of aliphatic hydroxyl groups excluding tert-OH is 1. The molecule has 0 spiro atoms. The van der Waals surface area contributed by atoms with Gasteiger partial charge < -0.3 is 10.0 Å². The van der Waals surface area contributed by atoms with E-state index in [0.717, 1.165) is 70.1 Å². The second kappa shape index (κ2) is 11.4. The SMILES string of the molecule is CC(C)(C)c1ccc(C(O)CCCCN2CCC(=C3c4ccccc4CCc4ccccc43)CC2)cc1. The Morgan fingerprint density at radius 1 is 0.730 bits per heavy atom. The van der Waals surface area contributed by atoms with Gasteiger partial charge in [0.2, 0.25) is 0 Å². The van der Waals surface area contributed by atoms with Crippen LogP contribution in [0.3, 0.4) is 0 Å². The van der Waals surface area contributed by atoms with E-state index in [4.69, 9.17) is 0 Å². The molecule has 1 N–H and O–H groups in total. The number of fused-ring (bicyclic) bond motifs is 2. The van der Waals surface area contributed by atoms with Crippen molar-refractivity contribution in [2.24, 2.45) is 0 Å². The van der Waals surface area contributed by atoms with Crippen LogP contribution in [0.25, 0.3) is 5.57 Å². The Balaban J connectivity index is 1.17. The van der Waals surface area contributed by atoms with Crippen molar-refractivity contribution < 1.29 is 5.11 Å². The van der Waals surface area contributed by atoms with Crippen molar-refractivity contribution in [2.45, 2.75) is 77.2 Å². The minimum Gasteiger partial charge on any atom is -0.388 e. The van der Waals surface area contributed by atoms with Crippen LogP contribution < -0.4 is 0 Å². The van der Waals surface area contributed by atoms with Gasteiger partial charge in [-0.1, -0.05) is 99.1 Å². The van der Waals surface area contributed by atoms with Gasteiger partial charge in [-0.25, -0.2) is 0 Å². The third-order valence-corrected chi connectivity index (χ3v) is 8.41. The Bertz CT molecular complexity index is 1170. The largest absolute Gasteiger partial charge is 0.388 e. The van der Waals surface area contributed by atoms with Crippen LogP contribution in [0.15, 0.2) is 78.4 Å². The highest BCUT2D eigenvalue weighted by Crippen LogP contribution is 2.38. The first-order valence-corrected chi connectivity index (χ1v) is 14.3. The molecule has 1 fully saturated rings. The summed E-state index contributed by atoms with van der Waals surface area (Å²) in [5, 5.41) is 10.7. The molecule has 0 radical (unpaired) electrons. The number of unbranched alkanes of at least 4 members (excludes halogenated alkanes) is 1. The molecule has 3 aromatic rings. The maximum Gasteiger partial charge on any atom is 0.0790 e. The fourth-order valence-electron chi connectivity index (χ4n) is 6.10. The van der Waals surface area contributed by atoms with Gasteiger partial charge in [0, 0.05) is 13.1 Å². The lowest BCUT2D eigenvalue weighted by molar-refractivity contribution is 0.160. The molecule has 2 aliphatic rings. The van der Waals surface area contributed by atoms with Gasteiger partial charge in [0.15, 0.2) is 0 Å². The summed E-state index contributed by atoms with van der Waals surface area (Å²) in [4.78, 5) is 2.63. The molecule has 1 aliphatic carbocycles. The number of piperidine rings is 1. The van der Waals surface area contributed by atoms with Crippen molar-refractivity contribution in [3.05, 3.63) is 112 Å². The first kappa shape index (κ1) is 25.9. The van der Waals surface area contributed by atoms with E-state index in [1.807, 2.05) is 0 Å². The normalized spacial score (nSPS) is 17.2. The average molecular weight is 494 g/mol. The first-order valence-electron chi connectivity index (χ1n) is 14.3. The summed E-state index contributed by atoms with van der Waals surface area (Å²) in [6.07, 6.45) is 7.25. The van der Waals surface area contributed by atoms with E-state index in [1.165, 1.54) is 33.4 Å². The van der Waals surface area contributed by atoms with Crippen molar-refractivity contribution in [3.8, 4) is 0 Å². The number of likely N-dealkylation sites (tertiary alicyclic amines) is 1. The van der Waals surface area contributed by atoms with Crippen LogP contribution in [0.2, 0.25) is 0 Å². The predicted octanol–water partition coefficient (Wildman–Crippen LogP) is 7.88. The predicted molar refractivity (Wildman–Crippen MR) is 156 cm³/mol. The zero-order chi connectivity index (χ0) is 25.8. The molecular weight excluding hydrogens is 450 g/mol. The Morgan fingerprint density at radius 2 is 1.30 bits per heavy atom. The lowest BCUT2D eigenvalue weighted by atomic mass is 9.86. The first-order chi connectivity index (χ1) is 17.9. The number of aryl methyl sites for hydroxylation is 2. The fourth-order valence-corrected chi connectivity index (χ4v) is 6.10. The van der Waals surface area contributed by atoms with Gasteiger partial charge in [-0.05, 0) is 95.9 Å². The molecule has 5 rings (SSSR count). The molecule has 37 heavy (non-hydrogen) atoms. The molecule has 2 nitrogen and oxygen atoms in total. The highest BCUT2D eigenvalue weighted by molar-refractivity contribution is 5.86. The van der Waals surface area contributed by atoms with Crippen LogP contribution in [0, 0.1) is 0 Å². The monoisotopic (exact) mass is 493 g/mol. The van der Waals surface area contributed by atoms with E-state index in [2.05, 4.69) is 98.5 Å². The highest BCUT2D eigenvalue weighted by Gasteiger charge is 2.23. The van der Waals surface area contributed by atoms with Crippen molar-refractivity contribution in [2.75, 3.05) is 19.6 Å². The standard InChI is InChI=1S/C35H43NO/c1-35(2,3)30-19-17-28(18-20-30)33(37)14-8-9-23-36-24-21-29(22-25-36)34-31-12-6-4-10-26(31)15-16-27-11-5-7-13-32(27)34/h4-7,10-13,17-20,33,37H,8-9,14-16,21-25H2,1-3H3. The number of benzene rings is 3. The van der Waals surface area contributed by atoms with Crippen molar-refractivity contribution in [3.63, 3.8) is 0 Å². The lowest BCUT2D eigenvalue weighted by Crippen LogP contribution is -2.32. The molecule has 1 heterocycles. The second-order valence-electron chi connectivity index (χ2n) is 12.0. The average Bonchev–Trinajstić information content (AvgIpc) is 3.08. The Morgan fingerprint density at radius 3 is 1.86 bits per heavy atom. The quantitative estimate of drug-likeness (QED) is 0.353. The van der Waals surface area contributed by atoms with Gasteiger partial charge in [0.05, 0.1) is 6.10 Å². The summed E-state index contributed by atoms with van der Waals surface area (Å²) >= 11 is 0. The molecule has 0 amide bonds. The molecule has 1 saturated heterocycles. The third kappa shape index (κ3) is 6.08. The van der Waals surface area contributed by atoms with Gasteiger partial charge in [-0.15, -0.1) is 0 Å². The molecule has 0 aromatic heterocycles. The molecule has 0 bridgehead atoms. The zero-order valence-corrected chi connectivity index (χ0v) is 23.0. The number of aliphatic hydroxyl groups is 1. The summed E-state index contributed by atoms with van der Waals surface area (Å²) in [5.74, 6) is 0. The van der Waals surface area contributed by atoms with Gasteiger partial charge in [-0.3, -0.25) is 0 Å². The number of hydrogen-bond acceptors (Lipinski definition) is 2. The second-order valence-corrected chi connectivity index (χ2v) is 12.0. The van der Waals surface area contributed by atoms with Crippen LogP contribution in [0.1, 0.15) is 92.4 Å². The van der Waals surface area contributed by atoms with E-state index < -0.39 is 0 Å². The maximum absolute atomic E-state index is 10.7. The minimum absolute atomic E-state index is 0.150. The van der Waals surface area contributed by atoms with Crippen LogP contribution in [-0.4, -0.2) is 29.6 Å². The smallest absolute Gasteiger partial charge is 0.0790 e. The molecule has 3 aromatic carbocycles. The van der Waals surface area contributed by atoms with E-state index in [9.17, 15) is 5.11 Å². The topological polar surface area (TPSA) is 23.5 Å². The minimum atomic E-state index is -0.359. The molecule has 1 aliphatic heterocycles. The Labute approximate surface area is 224 Å². The molecule has 2 heteroatoms.